The molecule has 2 rings (SSSR count). The third-order valence-electron chi connectivity index (χ3n) is 2.17. The third-order valence-corrected chi connectivity index (χ3v) is 2.77. The lowest BCUT2D eigenvalue weighted by atomic mass is 10.1. The average Bonchev–Trinajstić information content (AvgIpc) is 2.26. The number of nitrogen functional groups attached to an aromatic ring is 1. The summed E-state index contributed by atoms with van der Waals surface area (Å²) in [6.45, 7) is 0. The molecule has 0 aliphatic rings. The van der Waals surface area contributed by atoms with E-state index in [2.05, 4.69) is 15.3 Å². The fourth-order valence-corrected chi connectivity index (χ4v) is 1.97. The molecule has 19 heavy (non-hydrogen) atoms. The quantitative estimate of drug-likeness (QED) is 0.506. The topological polar surface area (TPSA) is 80.9 Å². The van der Waals surface area contributed by atoms with E-state index in [4.69, 9.17) is 40.5 Å². The number of benzene rings is 1. The molecule has 0 spiro atoms. The minimum absolute atomic E-state index is 0.0631. The number of nitrogens with one attached hydrogen (secondary N) is 1. The lowest BCUT2D eigenvalue weighted by molar-refractivity contribution is 0.102. The van der Waals surface area contributed by atoms with Gasteiger partial charge in [-0.05, 0) is 29.8 Å². The van der Waals surface area contributed by atoms with Crippen molar-refractivity contribution < 1.29 is 4.79 Å². The molecule has 98 valence electrons. The minimum atomic E-state index is -0.444. The van der Waals surface area contributed by atoms with Crippen molar-refractivity contribution in [3.8, 4) is 0 Å². The van der Waals surface area contributed by atoms with Crippen LogP contribution in [-0.2, 0) is 0 Å². The number of nitrogens with two attached hydrogens (primary N) is 1. The van der Waals surface area contributed by atoms with Gasteiger partial charge in [0, 0.05) is 16.8 Å². The molecule has 0 fully saturated rings. The number of hydrogen-bond donors (Lipinski definition) is 2. The summed E-state index contributed by atoms with van der Waals surface area (Å²) in [7, 11) is 0. The number of rotatable bonds is 2. The zero-order valence-electron chi connectivity index (χ0n) is 9.32. The van der Waals surface area contributed by atoms with Crippen LogP contribution < -0.4 is 11.1 Å². The summed E-state index contributed by atoms with van der Waals surface area (Å²) in [5.41, 5.74) is 6.24. The molecule has 0 bridgehead atoms. The van der Waals surface area contributed by atoms with E-state index in [0.717, 1.165) is 0 Å². The monoisotopic (exact) mass is 316 g/mol. The Bertz CT molecular complexity index is 628. The maximum atomic E-state index is 12.0. The van der Waals surface area contributed by atoms with Crippen LogP contribution in [0.25, 0.3) is 0 Å². The smallest absolute Gasteiger partial charge is 0.258 e. The molecule has 0 atom stereocenters. The van der Waals surface area contributed by atoms with E-state index in [1.54, 1.807) is 6.07 Å². The molecule has 1 amide bonds. The highest BCUT2D eigenvalue weighted by Gasteiger charge is 2.12. The van der Waals surface area contributed by atoms with Crippen LogP contribution in [0.3, 0.4) is 0 Å². The number of amides is 1. The number of carbonyl (C=O) groups excluding carboxylic acids is 1. The van der Waals surface area contributed by atoms with E-state index in [0.29, 0.717) is 5.02 Å². The predicted octanol–water partition coefficient (Wildman–Crippen LogP) is 3.27. The Morgan fingerprint density at radius 2 is 1.89 bits per heavy atom. The van der Waals surface area contributed by atoms with Crippen molar-refractivity contribution in [2.45, 2.75) is 0 Å². The Balaban J connectivity index is 2.25. The van der Waals surface area contributed by atoms with E-state index in [9.17, 15) is 4.79 Å². The van der Waals surface area contributed by atoms with Gasteiger partial charge >= 0.3 is 0 Å². The Labute approximate surface area is 123 Å². The van der Waals surface area contributed by atoms with E-state index >= 15 is 0 Å². The Hall–Kier alpha value is -1.56. The maximum Gasteiger partial charge on any atom is 0.258 e. The van der Waals surface area contributed by atoms with Crippen molar-refractivity contribution in [3.05, 3.63) is 45.3 Å². The fourth-order valence-electron chi connectivity index (χ4n) is 1.38. The summed E-state index contributed by atoms with van der Waals surface area (Å²) in [6, 6.07) is 5.93. The molecule has 8 heteroatoms. The molecule has 1 aromatic carbocycles. The van der Waals surface area contributed by atoms with Crippen molar-refractivity contribution in [3.63, 3.8) is 0 Å². The van der Waals surface area contributed by atoms with Gasteiger partial charge in [0.15, 0.2) is 0 Å². The van der Waals surface area contributed by atoms with Gasteiger partial charge in [-0.15, -0.1) is 0 Å². The Morgan fingerprint density at radius 1 is 1.16 bits per heavy atom. The molecule has 0 unspecified atom stereocenters. The van der Waals surface area contributed by atoms with Crippen LogP contribution >= 0.6 is 34.8 Å². The van der Waals surface area contributed by atoms with Gasteiger partial charge in [0.2, 0.25) is 5.28 Å². The van der Waals surface area contributed by atoms with Crippen LogP contribution in [0.4, 0.5) is 11.5 Å². The maximum absolute atomic E-state index is 12.0. The number of carbonyl (C=O) groups is 1. The van der Waals surface area contributed by atoms with Crippen LogP contribution in [0, 0.1) is 0 Å². The number of hydrogen-bond acceptors (Lipinski definition) is 4. The van der Waals surface area contributed by atoms with Gasteiger partial charge in [-0.2, -0.15) is 0 Å². The first kappa shape index (κ1) is 13.9. The van der Waals surface area contributed by atoms with Gasteiger partial charge in [-0.25, -0.2) is 9.97 Å². The number of aromatic nitrogens is 2. The second-order valence-electron chi connectivity index (χ2n) is 3.53. The number of halogens is 3. The molecular weight excluding hydrogens is 311 g/mol. The molecule has 0 saturated heterocycles. The second kappa shape index (κ2) is 5.61. The summed E-state index contributed by atoms with van der Waals surface area (Å²) in [5, 5.41) is 3.03. The van der Waals surface area contributed by atoms with Crippen molar-refractivity contribution in [2.24, 2.45) is 0 Å². The van der Waals surface area contributed by atoms with Gasteiger partial charge in [-0.3, -0.25) is 4.79 Å². The van der Waals surface area contributed by atoms with E-state index in [1.807, 2.05) is 0 Å². The highest BCUT2D eigenvalue weighted by Crippen LogP contribution is 2.20. The van der Waals surface area contributed by atoms with Gasteiger partial charge in [0.25, 0.3) is 5.91 Å². The van der Waals surface area contributed by atoms with Crippen LogP contribution in [0.15, 0.2) is 24.3 Å². The van der Waals surface area contributed by atoms with Crippen molar-refractivity contribution in [2.75, 3.05) is 11.1 Å². The van der Waals surface area contributed by atoms with Crippen LogP contribution in [0.5, 0.6) is 0 Å². The molecular formula is C11H7Cl3N4O. The lowest BCUT2D eigenvalue weighted by Crippen LogP contribution is -2.15. The standard InChI is InChI=1S/C11H7Cl3N4O/c12-5-1-2-6(7(15)3-5)10(19)17-9-4-8(13)16-11(14)18-9/h1-4H,15H2,(H,16,17,18,19). The molecule has 0 radical (unpaired) electrons. The van der Waals surface area contributed by atoms with Gasteiger partial charge in [0.1, 0.15) is 11.0 Å². The fraction of sp³-hybridized carbons (Fsp3) is 0. The van der Waals surface area contributed by atoms with Crippen molar-refractivity contribution in [1.29, 1.82) is 0 Å². The first-order chi connectivity index (χ1) is 8.95. The Kier molecular flexibility index (Phi) is 4.09. The zero-order chi connectivity index (χ0) is 14.0. The highest BCUT2D eigenvalue weighted by molar-refractivity contribution is 6.32. The molecule has 0 saturated carbocycles. The molecule has 2 aromatic rings. The zero-order valence-corrected chi connectivity index (χ0v) is 11.6. The lowest BCUT2D eigenvalue weighted by Gasteiger charge is -2.07. The van der Waals surface area contributed by atoms with Crippen LogP contribution in [0.1, 0.15) is 10.4 Å². The first-order valence-electron chi connectivity index (χ1n) is 5.02. The van der Waals surface area contributed by atoms with Crippen LogP contribution in [0.2, 0.25) is 15.5 Å². The molecule has 5 nitrogen and oxygen atoms in total. The van der Waals surface area contributed by atoms with E-state index in [1.165, 1.54) is 18.2 Å². The minimum Gasteiger partial charge on any atom is -0.398 e. The SMILES string of the molecule is Nc1cc(Cl)ccc1C(=O)Nc1cc(Cl)nc(Cl)n1. The summed E-state index contributed by atoms with van der Waals surface area (Å²) >= 11 is 17.1. The predicted molar refractivity (Wildman–Crippen MR) is 75.9 cm³/mol. The summed E-state index contributed by atoms with van der Waals surface area (Å²) < 4.78 is 0. The summed E-state index contributed by atoms with van der Waals surface area (Å²) in [5.74, 6) is -0.260. The molecule has 0 aliphatic carbocycles. The summed E-state index contributed by atoms with van der Waals surface area (Å²) in [6.07, 6.45) is 0. The number of anilines is 2. The molecule has 3 N–H and O–H groups in total. The number of nitrogens with zero attached hydrogens (tertiary/aromatic N) is 2. The average molecular weight is 318 g/mol. The van der Waals surface area contributed by atoms with Crippen LogP contribution in [-0.4, -0.2) is 15.9 Å². The van der Waals surface area contributed by atoms with Crippen molar-refractivity contribution in [1.82, 2.24) is 9.97 Å². The van der Waals surface area contributed by atoms with Crippen molar-refractivity contribution >= 4 is 52.2 Å². The largest absolute Gasteiger partial charge is 0.398 e. The first-order valence-corrected chi connectivity index (χ1v) is 6.15. The van der Waals surface area contributed by atoms with Gasteiger partial charge < -0.3 is 11.1 Å². The third kappa shape index (κ3) is 3.47. The Morgan fingerprint density at radius 3 is 2.53 bits per heavy atom. The van der Waals surface area contributed by atoms with E-state index in [-0.39, 0.29) is 27.5 Å². The highest BCUT2D eigenvalue weighted by atomic mass is 35.5. The molecule has 0 aliphatic heterocycles. The van der Waals surface area contributed by atoms with Gasteiger partial charge in [-0.1, -0.05) is 23.2 Å². The summed E-state index contributed by atoms with van der Waals surface area (Å²) in [4.78, 5) is 19.5. The molecule has 1 aromatic heterocycles. The molecule has 1 heterocycles. The normalized spacial score (nSPS) is 10.3. The second-order valence-corrected chi connectivity index (χ2v) is 4.69. The van der Waals surface area contributed by atoms with E-state index < -0.39 is 5.91 Å². The van der Waals surface area contributed by atoms with Gasteiger partial charge in [0.05, 0.1) is 5.56 Å².